The molecule has 0 atom stereocenters. The predicted molar refractivity (Wildman–Crippen MR) is 107 cm³/mol. The van der Waals surface area contributed by atoms with Gasteiger partial charge in [0.1, 0.15) is 0 Å². The number of rotatable bonds is 5. The molecule has 3 rings (SSSR count). The van der Waals surface area contributed by atoms with Gasteiger partial charge in [0, 0.05) is 44.5 Å². The molecule has 1 aromatic heterocycles. The fourth-order valence-electron chi connectivity index (χ4n) is 3.12. The number of thiophene rings is 1. The van der Waals surface area contributed by atoms with E-state index in [-0.39, 0.29) is 5.91 Å². The quantitative estimate of drug-likeness (QED) is 0.628. The number of amides is 1. The molecule has 138 valence electrons. The first-order chi connectivity index (χ1) is 12.7. The van der Waals surface area contributed by atoms with Gasteiger partial charge in [-0.2, -0.15) is 0 Å². The smallest absolute Gasteiger partial charge is 0.224 e. The predicted octanol–water partition coefficient (Wildman–Crippen LogP) is 2.70. The van der Waals surface area contributed by atoms with Gasteiger partial charge >= 0.3 is 0 Å². The largest absolute Gasteiger partial charge is 0.356 e. The van der Waals surface area contributed by atoms with Crippen molar-refractivity contribution >= 4 is 23.2 Å². The Morgan fingerprint density at radius 3 is 2.92 bits per heavy atom. The average molecular weight is 371 g/mol. The van der Waals surface area contributed by atoms with Gasteiger partial charge in [0.2, 0.25) is 5.91 Å². The van der Waals surface area contributed by atoms with Gasteiger partial charge in [-0.1, -0.05) is 24.3 Å². The van der Waals surface area contributed by atoms with Gasteiger partial charge in [-0.15, -0.1) is 11.3 Å². The summed E-state index contributed by atoms with van der Waals surface area (Å²) in [6.07, 6.45) is 1.45. The highest BCUT2D eigenvalue weighted by atomic mass is 32.1. The van der Waals surface area contributed by atoms with E-state index in [2.05, 4.69) is 46.1 Å². The van der Waals surface area contributed by atoms with Crippen molar-refractivity contribution in [1.82, 2.24) is 15.5 Å². The SMILES string of the molecule is CN=C(NCCC(=O)N1CCc2sccc2C1)NCc1ccccc1C. The third-order valence-corrected chi connectivity index (χ3v) is 5.75. The van der Waals surface area contributed by atoms with E-state index in [9.17, 15) is 4.79 Å². The summed E-state index contributed by atoms with van der Waals surface area (Å²) in [6, 6.07) is 10.4. The second-order valence-corrected chi connectivity index (χ2v) is 7.46. The minimum Gasteiger partial charge on any atom is -0.356 e. The summed E-state index contributed by atoms with van der Waals surface area (Å²) in [5, 5.41) is 8.66. The molecule has 1 aromatic carbocycles. The molecule has 0 aliphatic carbocycles. The number of guanidine groups is 1. The topological polar surface area (TPSA) is 56.7 Å². The fraction of sp³-hybridized carbons (Fsp3) is 0.400. The number of benzene rings is 1. The zero-order valence-corrected chi connectivity index (χ0v) is 16.2. The van der Waals surface area contributed by atoms with Crippen LogP contribution in [0.15, 0.2) is 40.7 Å². The van der Waals surface area contributed by atoms with Crippen molar-refractivity contribution in [3.8, 4) is 0 Å². The van der Waals surface area contributed by atoms with Crippen LogP contribution in [0.25, 0.3) is 0 Å². The van der Waals surface area contributed by atoms with Crippen LogP contribution in [0.1, 0.15) is 28.0 Å². The van der Waals surface area contributed by atoms with Crippen LogP contribution < -0.4 is 10.6 Å². The van der Waals surface area contributed by atoms with E-state index >= 15 is 0 Å². The first kappa shape index (κ1) is 18.5. The summed E-state index contributed by atoms with van der Waals surface area (Å²) in [5.41, 5.74) is 3.80. The molecular formula is C20H26N4OS. The molecule has 1 aliphatic heterocycles. The molecule has 1 aliphatic rings. The molecule has 2 heterocycles. The van der Waals surface area contributed by atoms with Crippen molar-refractivity contribution in [2.24, 2.45) is 4.99 Å². The van der Waals surface area contributed by atoms with Gasteiger partial charge in [0.05, 0.1) is 0 Å². The zero-order chi connectivity index (χ0) is 18.4. The molecular weight excluding hydrogens is 344 g/mol. The molecule has 0 saturated heterocycles. The molecule has 2 aromatic rings. The third kappa shape index (κ3) is 4.64. The van der Waals surface area contributed by atoms with Crippen LogP contribution in [0.3, 0.4) is 0 Å². The van der Waals surface area contributed by atoms with Crippen LogP contribution in [-0.4, -0.2) is 36.9 Å². The lowest BCUT2D eigenvalue weighted by Crippen LogP contribution is -2.40. The average Bonchev–Trinajstić information content (AvgIpc) is 3.13. The lowest BCUT2D eigenvalue weighted by atomic mass is 10.1. The van der Waals surface area contributed by atoms with Gasteiger partial charge in [-0.05, 0) is 41.5 Å². The maximum atomic E-state index is 12.5. The number of hydrogen-bond acceptors (Lipinski definition) is 3. The van der Waals surface area contributed by atoms with Gasteiger partial charge < -0.3 is 15.5 Å². The van der Waals surface area contributed by atoms with Crippen LogP contribution in [0, 0.1) is 6.92 Å². The summed E-state index contributed by atoms with van der Waals surface area (Å²) in [6.45, 7) is 4.97. The summed E-state index contributed by atoms with van der Waals surface area (Å²) >= 11 is 1.79. The summed E-state index contributed by atoms with van der Waals surface area (Å²) in [7, 11) is 1.75. The highest BCUT2D eigenvalue weighted by molar-refractivity contribution is 7.10. The Bertz CT molecular complexity index is 784. The summed E-state index contributed by atoms with van der Waals surface area (Å²) in [4.78, 5) is 20.1. The number of aliphatic imine (C=N–C) groups is 1. The van der Waals surface area contributed by atoms with Crippen molar-refractivity contribution in [2.45, 2.75) is 32.9 Å². The number of aryl methyl sites for hydroxylation is 1. The van der Waals surface area contributed by atoms with Crippen LogP contribution in [0.2, 0.25) is 0 Å². The number of hydrogen-bond donors (Lipinski definition) is 2. The Kier molecular flexibility index (Phi) is 6.28. The third-order valence-electron chi connectivity index (χ3n) is 4.72. The molecule has 26 heavy (non-hydrogen) atoms. The zero-order valence-electron chi connectivity index (χ0n) is 15.4. The standard InChI is InChI=1S/C20H26N4OS/c1-15-5-3-4-6-16(15)13-23-20(21-2)22-10-7-19(25)24-11-8-18-17(14-24)9-12-26-18/h3-6,9,12H,7-8,10-11,13-14H2,1-2H3,(H2,21,22,23). The van der Waals surface area contributed by atoms with E-state index in [0.717, 1.165) is 25.5 Å². The summed E-state index contributed by atoms with van der Waals surface area (Å²) in [5.74, 6) is 0.920. The van der Waals surface area contributed by atoms with Crippen molar-refractivity contribution in [2.75, 3.05) is 20.1 Å². The molecule has 0 fully saturated rings. The Hall–Kier alpha value is -2.34. The van der Waals surface area contributed by atoms with E-state index in [1.165, 1.54) is 21.6 Å². The van der Waals surface area contributed by atoms with Gasteiger partial charge in [0.15, 0.2) is 5.96 Å². The maximum absolute atomic E-state index is 12.5. The Balaban J connectivity index is 1.42. The minimum atomic E-state index is 0.198. The van der Waals surface area contributed by atoms with E-state index < -0.39 is 0 Å². The van der Waals surface area contributed by atoms with Crippen molar-refractivity contribution in [3.63, 3.8) is 0 Å². The molecule has 0 radical (unpaired) electrons. The number of nitrogens with one attached hydrogen (secondary N) is 2. The molecule has 0 bridgehead atoms. The Morgan fingerprint density at radius 2 is 2.12 bits per heavy atom. The monoisotopic (exact) mass is 370 g/mol. The maximum Gasteiger partial charge on any atom is 0.224 e. The molecule has 1 amide bonds. The number of carbonyl (C=O) groups is 1. The van der Waals surface area contributed by atoms with E-state index in [1.807, 2.05) is 17.0 Å². The van der Waals surface area contributed by atoms with E-state index in [4.69, 9.17) is 0 Å². The van der Waals surface area contributed by atoms with Crippen molar-refractivity contribution in [1.29, 1.82) is 0 Å². The second-order valence-electron chi connectivity index (χ2n) is 6.46. The van der Waals surface area contributed by atoms with Crippen molar-refractivity contribution in [3.05, 3.63) is 57.3 Å². The number of nitrogens with zero attached hydrogens (tertiary/aromatic N) is 2. The molecule has 0 unspecified atom stereocenters. The number of fused-ring (bicyclic) bond motifs is 1. The van der Waals surface area contributed by atoms with Crippen LogP contribution in [0.5, 0.6) is 0 Å². The highest BCUT2D eigenvalue weighted by Crippen LogP contribution is 2.24. The first-order valence-corrected chi connectivity index (χ1v) is 9.87. The summed E-state index contributed by atoms with van der Waals surface area (Å²) < 4.78 is 0. The molecule has 5 nitrogen and oxygen atoms in total. The van der Waals surface area contributed by atoms with E-state index in [1.54, 1.807) is 18.4 Å². The van der Waals surface area contributed by atoms with Crippen LogP contribution in [-0.2, 0) is 24.3 Å². The second kappa shape index (κ2) is 8.85. The molecule has 0 saturated carbocycles. The van der Waals surface area contributed by atoms with E-state index in [0.29, 0.717) is 19.5 Å². The number of carbonyl (C=O) groups excluding carboxylic acids is 1. The molecule has 2 N–H and O–H groups in total. The molecule has 6 heteroatoms. The van der Waals surface area contributed by atoms with Crippen molar-refractivity contribution < 1.29 is 4.79 Å². The lowest BCUT2D eigenvalue weighted by molar-refractivity contribution is -0.131. The Labute approximate surface area is 159 Å². The Morgan fingerprint density at radius 1 is 1.27 bits per heavy atom. The molecule has 0 spiro atoms. The highest BCUT2D eigenvalue weighted by Gasteiger charge is 2.20. The fourth-order valence-corrected chi connectivity index (χ4v) is 4.00. The first-order valence-electron chi connectivity index (χ1n) is 8.99. The minimum absolute atomic E-state index is 0.198. The van der Waals surface area contributed by atoms with Crippen LogP contribution >= 0.6 is 11.3 Å². The van der Waals surface area contributed by atoms with Gasteiger partial charge in [-0.25, -0.2) is 0 Å². The van der Waals surface area contributed by atoms with Gasteiger partial charge in [0.25, 0.3) is 0 Å². The van der Waals surface area contributed by atoms with Crippen LogP contribution in [0.4, 0.5) is 0 Å². The lowest BCUT2D eigenvalue weighted by Gasteiger charge is -2.27. The normalized spacial score (nSPS) is 14.1. The van der Waals surface area contributed by atoms with Gasteiger partial charge in [-0.3, -0.25) is 9.79 Å².